The van der Waals surface area contributed by atoms with E-state index < -0.39 is 11.4 Å². The third-order valence-corrected chi connectivity index (χ3v) is 2.47. The minimum absolute atomic E-state index is 0.0926. The molecule has 0 radical (unpaired) electrons. The number of hydrogen-bond donors (Lipinski definition) is 1. The monoisotopic (exact) mass is 239 g/mol. The molecule has 1 aromatic carbocycles. The molecule has 2 N–H and O–H groups in total. The molecule has 1 aromatic rings. The summed E-state index contributed by atoms with van der Waals surface area (Å²) in [6, 6.07) is 4.23. The number of ether oxygens (including phenoxy) is 1. The zero-order chi connectivity index (χ0) is 13.1. The van der Waals surface area contributed by atoms with Crippen molar-refractivity contribution >= 4 is 5.78 Å². The van der Waals surface area contributed by atoms with Crippen molar-refractivity contribution in [2.45, 2.75) is 32.2 Å². The van der Waals surface area contributed by atoms with Crippen molar-refractivity contribution in [3.8, 4) is 5.75 Å². The molecular weight excluding hydrogens is 221 g/mol. The van der Waals surface area contributed by atoms with E-state index in [-0.39, 0.29) is 17.8 Å². The van der Waals surface area contributed by atoms with Gasteiger partial charge in [0.2, 0.25) is 0 Å². The van der Waals surface area contributed by atoms with Crippen molar-refractivity contribution in [3.63, 3.8) is 0 Å². The summed E-state index contributed by atoms with van der Waals surface area (Å²) in [6.45, 7) is 3.68. The second kappa shape index (κ2) is 5.27. The maximum atomic E-state index is 13.6. The molecule has 0 amide bonds. The number of Topliss-reactive ketones (excluding diaryl/α,β-unsaturated/α-hetero) is 1. The number of ketones is 1. The summed E-state index contributed by atoms with van der Waals surface area (Å²) < 4.78 is 18.4. The van der Waals surface area contributed by atoms with Gasteiger partial charge in [0.25, 0.3) is 0 Å². The van der Waals surface area contributed by atoms with Crippen molar-refractivity contribution in [2.24, 2.45) is 5.73 Å². The Morgan fingerprint density at radius 2 is 2.12 bits per heavy atom. The van der Waals surface area contributed by atoms with Gasteiger partial charge >= 0.3 is 0 Å². The molecule has 0 heterocycles. The molecule has 0 spiro atoms. The molecule has 0 unspecified atom stereocenters. The van der Waals surface area contributed by atoms with Crippen molar-refractivity contribution in [2.75, 3.05) is 7.11 Å². The number of hydrogen-bond acceptors (Lipinski definition) is 3. The van der Waals surface area contributed by atoms with Crippen molar-refractivity contribution in [1.82, 2.24) is 0 Å². The highest BCUT2D eigenvalue weighted by molar-refractivity contribution is 5.96. The molecular formula is C13H18FNO2. The van der Waals surface area contributed by atoms with E-state index >= 15 is 0 Å². The van der Waals surface area contributed by atoms with Gasteiger partial charge in [0, 0.05) is 18.0 Å². The standard InChI is InChI=1S/C13H18FNO2/c1-13(2,15)7-6-12(16)10-5-4-9(17-3)8-11(10)14/h4-5,8H,6-7,15H2,1-3H3. The zero-order valence-electron chi connectivity index (χ0n) is 10.4. The molecule has 0 aliphatic carbocycles. The maximum Gasteiger partial charge on any atom is 0.165 e. The van der Waals surface area contributed by atoms with Crippen LogP contribution in [0.5, 0.6) is 5.75 Å². The first kappa shape index (κ1) is 13.6. The van der Waals surface area contributed by atoms with E-state index in [1.807, 2.05) is 13.8 Å². The van der Waals surface area contributed by atoms with Crippen LogP contribution in [-0.4, -0.2) is 18.4 Å². The smallest absolute Gasteiger partial charge is 0.165 e. The second-order valence-corrected chi connectivity index (χ2v) is 4.76. The summed E-state index contributed by atoms with van der Waals surface area (Å²) in [6.07, 6.45) is 0.768. The number of rotatable bonds is 5. The normalized spacial score (nSPS) is 11.4. The van der Waals surface area contributed by atoms with Crippen molar-refractivity contribution < 1.29 is 13.9 Å². The predicted molar refractivity (Wildman–Crippen MR) is 64.8 cm³/mol. The Morgan fingerprint density at radius 1 is 1.47 bits per heavy atom. The molecule has 0 aromatic heterocycles. The summed E-state index contributed by atoms with van der Waals surface area (Å²) in [7, 11) is 1.45. The molecule has 0 aliphatic rings. The van der Waals surface area contributed by atoms with Gasteiger partial charge in [0.15, 0.2) is 5.78 Å². The number of carbonyl (C=O) groups is 1. The van der Waals surface area contributed by atoms with E-state index in [0.29, 0.717) is 12.2 Å². The number of benzene rings is 1. The van der Waals surface area contributed by atoms with Crippen LogP contribution in [0.15, 0.2) is 18.2 Å². The summed E-state index contributed by atoms with van der Waals surface area (Å²) >= 11 is 0. The van der Waals surface area contributed by atoms with Gasteiger partial charge in [0.05, 0.1) is 12.7 Å². The van der Waals surface area contributed by atoms with Gasteiger partial charge in [-0.25, -0.2) is 4.39 Å². The maximum absolute atomic E-state index is 13.6. The number of carbonyl (C=O) groups excluding carboxylic acids is 1. The van der Waals surface area contributed by atoms with Crippen LogP contribution in [0, 0.1) is 5.82 Å². The lowest BCUT2D eigenvalue weighted by Gasteiger charge is -2.17. The van der Waals surface area contributed by atoms with Crippen LogP contribution in [0.25, 0.3) is 0 Å². The summed E-state index contributed by atoms with van der Waals surface area (Å²) in [5.74, 6) is -0.383. The van der Waals surface area contributed by atoms with Gasteiger partial charge < -0.3 is 10.5 Å². The van der Waals surface area contributed by atoms with Gasteiger partial charge in [-0.15, -0.1) is 0 Å². The lowest BCUT2D eigenvalue weighted by atomic mass is 9.96. The number of halogens is 1. The van der Waals surface area contributed by atoms with E-state index in [1.165, 1.54) is 19.2 Å². The third kappa shape index (κ3) is 4.15. The van der Waals surface area contributed by atoms with Crippen LogP contribution < -0.4 is 10.5 Å². The van der Waals surface area contributed by atoms with Crippen LogP contribution >= 0.6 is 0 Å². The summed E-state index contributed by atoms with van der Waals surface area (Å²) in [5.41, 5.74) is 5.45. The first-order valence-corrected chi connectivity index (χ1v) is 5.49. The molecule has 0 aliphatic heterocycles. The van der Waals surface area contributed by atoms with Crippen molar-refractivity contribution in [1.29, 1.82) is 0 Å². The van der Waals surface area contributed by atoms with E-state index in [2.05, 4.69) is 0 Å². The van der Waals surface area contributed by atoms with Crippen LogP contribution in [0.4, 0.5) is 4.39 Å². The average Bonchev–Trinajstić information content (AvgIpc) is 2.24. The van der Waals surface area contributed by atoms with Gasteiger partial charge in [-0.1, -0.05) is 0 Å². The Morgan fingerprint density at radius 3 is 2.59 bits per heavy atom. The minimum Gasteiger partial charge on any atom is -0.497 e. The Bertz CT molecular complexity index is 410. The highest BCUT2D eigenvalue weighted by atomic mass is 19.1. The SMILES string of the molecule is COc1ccc(C(=O)CCC(C)(C)N)c(F)c1. The molecule has 0 saturated carbocycles. The minimum atomic E-state index is -0.552. The zero-order valence-corrected chi connectivity index (χ0v) is 10.4. The molecule has 0 atom stereocenters. The van der Waals surface area contributed by atoms with Gasteiger partial charge in [-0.05, 0) is 32.4 Å². The molecule has 0 fully saturated rings. The van der Waals surface area contributed by atoms with E-state index in [9.17, 15) is 9.18 Å². The van der Waals surface area contributed by atoms with Crippen molar-refractivity contribution in [3.05, 3.63) is 29.6 Å². The largest absolute Gasteiger partial charge is 0.497 e. The number of nitrogens with two attached hydrogens (primary N) is 1. The van der Waals surface area contributed by atoms with E-state index in [1.54, 1.807) is 6.07 Å². The van der Waals surface area contributed by atoms with Crippen LogP contribution in [0.2, 0.25) is 0 Å². The number of methoxy groups -OCH3 is 1. The lowest BCUT2D eigenvalue weighted by molar-refractivity contribution is 0.0968. The Hall–Kier alpha value is -1.42. The summed E-state index contributed by atoms with van der Waals surface area (Å²) in [4.78, 5) is 11.8. The van der Waals surface area contributed by atoms with E-state index in [4.69, 9.17) is 10.5 Å². The van der Waals surface area contributed by atoms with Crippen LogP contribution in [0.3, 0.4) is 0 Å². The second-order valence-electron chi connectivity index (χ2n) is 4.76. The fourth-order valence-corrected chi connectivity index (χ4v) is 1.42. The fourth-order valence-electron chi connectivity index (χ4n) is 1.42. The molecule has 0 bridgehead atoms. The van der Waals surface area contributed by atoms with E-state index in [0.717, 1.165) is 0 Å². The Kier molecular flexibility index (Phi) is 4.23. The first-order valence-electron chi connectivity index (χ1n) is 5.49. The fraction of sp³-hybridized carbons (Fsp3) is 0.462. The van der Waals surface area contributed by atoms with Gasteiger partial charge in [-0.3, -0.25) is 4.79 Å². The Labute approximate surface area is 101 Å². The molecule has 3 nitrogen and oxygen atoms in total. The highest BCUT2D eigenvalue weighted by Crippen LogP contribution is 2.19. The molecule has 94 valence electrons. The van der Waals surface area contributed by atoms with Crippen LogP contribution in [0.1, 0.15) is 37.0 Å². The van der Waals surface area contributed by atoms with Gasteiger partial charge in [-0.2, -0.15) is 0 Å². The van der Waals surface area contributed by atoms with Gasteiger partial charge in [0.1, 0.15) is 11.6 Å². The lowest BCUT2D eigenvalue weighted by Crippen LogP contribution is -2.32. The average molecular weight is 239 g/mol. The molecule has 17 heavy (non-hydrogen) atoms. The first-order chi connectivity index (χ1) is 7.83. The molecule has 1 rings (SSSR count). The predicted octanol–water partition coefficient (Wildman–Crippen LogP) is 2.53. The molecule has 4 heteroatoms. The Balaban J connectivity index is 2.76. The molecule has 0 saturated heterocycles. The summed E-state index contributed by atoms with van der Waals surface area (Å²) in [5, 5.41) is 0. The highest BCUT2D eigenvalue weighted by Gasteiger charge is 2.17. The third-order valence-electron chi connectivity index (χ3n) is 2.47. The topological polar surface area (TPSA) is 52.3 Å². The van der Waals surface area contributed by atoms with Crippen LogP contribution in [-0.2, 0) is 0 Å². The quantitative estimate of drug-likeness (QED) is 0.803.